The number of rotatable bonds is 6. The maximum atomic E-state index is 12.0. The summed E-state index contributed by atoms with van der Waals surface area (Å²) < 4.78 is 25.2. The zero-order valence-corrected chi connectivity index (χ0v) is 14.6. The van der Waals surface area contributed by atoms with Crippen molar-refractivity contribution in [2.24, 2.45) is 0 Å². The van der Waals surface area contributed by atoms with Crippen molar-refractivity contribution in [1.29, 1.82) is 0 Å². The number of benzene rings is 1. The van der Waals surface area contributed by atoms with E-state index in [1.165, 1.54) is 18.4 Å². The summed E-state index contributed by atoms with van der Waals surface area (Å²) in [5.74, 6) is -0.112. The molecule has 1 amide bonds. The average Bonchev–Trinajstić information content (AvgIpc) is 2.47. The van der Waals surface area contributed by atoms with Crippen LogP contribution in [0.5, 0.6) is 0 Å². The van der Waals surface area contributed by atoms with Gasteiger partial charge in [-0.25, -0.2) is 12.7 Å². The van der Waals surface area contributed by atoms with E-state index in [9.17, 15) is 13.2 Å². The molecule has 0 spiro atoms. The third-order valence-corrected chi connectivity index (χ3v) is 5.20. The van der Waals surface area contributed by atoms with Gasteiger partial charge >= 0.3 is 0 Å². The third kappa shape index (κ3) is 4.42. The number of nitrogens with zero attached hydrogens (tertiary/aromatic N) is 1. The lowest BCUT2D eigenvalue weighted by atomic mass is 10.1. The summed E-state index contributed by atoms with van der Waals surface area (Å²) in [4.78, 5) is 12.2. The molecule has 6 heteroatoms. The first kappa shape index (κ1) is 18.4. The predicted octanol–water partition coefficient (Wildman–Crippen LogP) is 2.47. The zero-order valence-electron chi connectivity index (χ0n) is 13.8. The van der Waals surface area contributed by atoms with Crippen LogP contribution in [0, 0.1) is 0 Å². The molecule has 0 saturated heterocycles. The molecular formula is C16H24N2O3S. The van der Waals surface area contributed by atoms with Gasteiger partial charge in [0.2, 0.25) is 15.9 Å². The van der Waals surface area contributed by atoms with Crippen LogP contribution in [0.2, 0.25) is 0 Å². The zero-order chi connectivity index (χ0) is 16.9. The summed E-state index contributed by atoms with van der Waals surface area (Å²) in [6.45, 7) is 5.62. The van der Waals surface area contributed by atoms with Crippen LogP contribution in [0.25, 0.3) is 0 Å². The van der Waals surface area contributed by atoms with Gasteiger partial charge in [-0.15, -0.1) is 0 Å². The maximum absolute atomic E-state index is 12.0. The summed E-state index contributed by atoms with van der Waals surface area (Å²) in [5.41, 5.74) is 1.54. The Bertz CT molecular complexity index is 646. The van der Waals surface area contributed by atoms with Gasteiger partial charge in [0.05, 0.1) is 10.9 Å². The van der Waals surface area contributed by atoms with Crippen LogP contribution in [0.3, 0.4) is 0 Å². The lowest BCUT2D eigenvalue weighted by Crippen LogP contribution is -2.27. The van der Waals surface area contributed by atoms with Gasteiger partial charge < -0.3 is 5.32 Å². The molecule has 0 aliphatic heterocycles. The second kappa shape index (κ2) is 7.56. The Morgan fingerprint density at radius 3 is 2.27 bits per heavy atom. The molecule has 0 saturated carbocycles. The highest BCUT2D eigenvalue weighted by atomic mass is 32.2. The van der Waals surface area contributed by atoms with Crippen LogP contribution in [0.4, 0.5) is 0 Å². The van der Waals surface area contributed by atoms with Crippen LogP contribution < -0.4 is 5.32 Å². The molecule has 1 rings (SSSR count). The van der Waals surface area contributed by atoms with E-state index in [0.717, 1.165) is 12.0 Å². The van der Waals surface area contributed by atoms with E-state index in [0.29, 0.717) is 5.57 Å². The lowest BCUT2D eigenvalue weighted by molar-refractivity contribution is -0.118. The van der Waals surface area contributed by atoms with E-state index in [2.05, 4.69) is 5.32 Å². The minimum atomic E-state index is -3.43. The first-order chi connectivity index (χ1) is 10.2. The van der Waals surface area contributed by atoms with Gasteiger partial charge in [0.25, 0.3) is 0 Å². The van der Waals surface area contributed by atoms with Gasteiger partial charge in [-0.2, -0.15) is 0 Å². The molecule has 0 aromatic heterocycles. The Morgan fingerprint density at radius 1 is 1.27 bits per heavy atom. The van der Waals surface area contributed by atoms with Crippen LogP contribution in [-0.2, 0) is 14.8 Å². The van der Waals surface area contributed by atoms with Gasteiger partial charge in [-0.3, -0.25) is 4.79 Å². The van der Waals surface area contributed by atoms with Gasteiger partial charge in [0, 0.05) is 19.7 Å². The minimum Gasteiger partial charge on any atom is -0.346 e. The number of amides is 1. The summed E-state index contributed by atoms with van der Waals surface area (Å²) in [6, 6.07) is 6.37. The second-order valence-electron chi connectivity index (χ2n) is 5.35. The molecule has 1 aromatic rings. The minimum absolute atomic E-state index is 0.112. The first-order valence-corrected chi connectivity index (χ1v) is 8.64. The highest BCUT2D eigenvalue weighted by Crippen LogP contribution is 2.18. The summed E-state index contributed by atoms with van der Waals surface area (Å²) >= 11 is 0. The Hall–Kier alpha value is -1.66. The molecule has 0 heterocycles. The van der Waals surface area contributed by atoms with Gasteiger partial charge in [-0.1, -0.05) is 25.1 Å². The number of sulfonamides is 1. The molecule has 0 aliphatic rings. The van der Waals surface area contributed by atoms with Crippen molar-refractivity contribution < 1.29 is 13.2 Å². The number of allylic oxidation sites excluding steroid dienone is 1. The summed E-state index contributed by atoms with van der Waals surface area (Å²) in [5, 5.41) is 2.89. The van der Waals surface area contributed by atoms with Crippen LogP contribution in [-0.4, -0.2) is 32.7 Å². The van der Waals surface area contributed by atoms with E-state index in [-0.39, 0.29) is 16.8 Å². The highest BCUT2D eigenvalue weighted by molar-refractivity contribution is 7.89. The van der Waals surface area contributed by atoms with Gasteiger partial charge in [-0.05, 0) is 38.0 Å². The molecule has 122 valence electrons. The van der Waals surface area contributed by atoms with Crippen molar-refractivity contribution in [3.63, 3.8) is 0 Å². The molecule has 5 nitrogen and oxygen atoms in total. The Labute approximate surface area is 133 Å². The Morgan fingerprint density at radius 2 is 1.82 bits per heavy atom. The second-order valence-corrected chi connectivity index (χ2v) is 7.50. The standard InChI is InChI=1S/C16H24N2O3S/c1-6-7-12(2)16(19)17-13(3)14-8-10-15(11-9-14)22(20,21)18(4)5/h7-11,13H,6H2,1-5H3,(H,17,19). The first-order valence-electron chi connectivity index (χ1n) is 7.20. The monoisotopic (exact) mass is 324 g/mol. The molecule has 0 radical (unpaired) electrons. The van der Waals surface area contributed by atoms with E-state index in [1.54, 1.807) is 31.2 Å². The lowest BCUT2D eigenvalue weighted by Gasteiger charge is -2.16. The van der Waals surface area contributed by atoms with Gasteiger partial charge in [0.1, 0.15) is 0 Å². The SMILES string of the molecule is CCC=C(C)C(=O)NC(C)c1ccc(S(=O)(=O)N(C)C)cc1. The van der Waals surface area contributed by atoms with Crippen LogP contribution >= 0.6 is 0 Å². The van der Waals surface area contributed by atoms with Crippen molar-refractivity contribution in [2.75, 3.05) is 14.1 Å². The maximum Gasteiger partial charge on any atom is 0.247 e. The smallest absolute Gasteiger partial charge is 0.247 e. The fourth-order valence-electron chi connectivity index (χ4n) is 1.93. The molecule has 1 aromatic carbocycles. The number of nitrogens with one attached hydrogen (secondary N) is 1. The van der Waals surface area contributed by atoms with E-state index >= 15 is 0 Å². The molecular weight excluding hydrogens is 300 g/mol. The number of carbonyl (C=O) groups is 1. The summed E-state index contributed by atoms with van der Waals surface area (Å²) in [6.07, 6.45) is 2.68. The van der Waals surface area contributed by atoms with E-state index < -0.39 is 10.0 Å². The largest absolute Gasteiger partial charge is 0.346 e. The van der Waals surface area contributed by atoms with Crippen molar-refractivity contribution in [2.45, 2.75) is 38.1 Å². The highest BCUT2D eigenvalue weighted by Gasteiger charge is 2.17. The molecule has 22 heavy (non-hydrogen) atoms. The molecule has 1 unspecified atom stereocenters. The number of hydrogen-bond donors (Lipinski definition) is 1. The number of carbonyl (C=O) groups excluding carboxylic acids is 1. The summed E-state index contributed by atoms with van der Waals surface area (Å²) in [7, 11) is -0.436. The van der Waals surface area contributed by atoms with Crippen molar-refractivity contribution >= 4 is 15.9 Å². The fourth-order valence-corrected chi connectivity index (χ4v) is 2.83. The molecule has 1 atom stereocenters. The van der Waals surface area contributed by atoms with Crippen molar-refractivity contribution in [1.82, 2.24) is 9.62 Å². The Kier molecular flexibility index (Phi) is 6.32. The van der Waals surface area contributed by atoms with Crippen LogP contribution in [0.1, 0.15) is 38.8 Å². The van der Waals surface area contributed by atoms with Gasteiger partial charge in [0.15, 0.2) is 0 Å². The van der Waals surface area contributed by atoms with Crippen molar-refractivity contribution in [3.05, 3.63) is 41.5 Å². The normalized spacial score (nSPS) is 14.0. The molecule has 0 aliphatic carbocycles. The molecule has 0 fully saturated rings. The van der Waals surface area contributed by atoms with Crippen molar-refractivity contribution in [3.8, 4) is 0 Å². The topological polar surface area (TPSA) is 66.5 Å². The number of hydrogen-bond acceptors (Lipinski definition) is 3. The molecule has 1 N–H and O–H groups in total. The Balaban J connectivity index is 2.87. The predicted molar refractivity (Wildman–Crippen MR) is 87.9 cm³/mol. The van der Waals surface area contributed by atoms with E-state index in [4.69, 9.17) is 0 Å². The quantitative estimate of drug-likeness (QED) is 0.818. The third-order valence-electron chi connectivity index (χ3n) is 3.37. The van der Waals surface area contributed by atoms with Crippen LogP contribution in [0.15, 0.2) is 40.8 Å². The fraction of sp³-hybridized carbons (Fsp3) is 0.438. The molecule has 0 bridgehead atoms. The van der Waals surface area contributed by atoms with E-state index in [1.807, 2.05) is 19.9 Å². The average molecular weight is 324 g/mol.